The van der Waals surface area contributed by atoms with E-state index in [1.807, 2.05) is 22.9 Å². The second-order valence-electron chi connectivity index (χ2n) is 7.55. The Bertz CT molecular complexity index is 516. The van der Waals surface area contributed by atoms with Crippen LogP contribution in [0.25, 0.3) is 0 Å². The molecule has 1 saturated heterocycles. The molecule has 128 valence electrons. The van der Waals surface area contributed by atoms with Gasteiger partial charge in [0.15, 0.2) is 0 Å². The lowest BCUT2D eigenvalue weighted by Gasteiger charge is -2.31. The number of nitrogens with zero attached hydrogens (tertiary/aromatic N) is 2. The highest BCUT2D eigenvalue weighted by molar-refractivity contribution is 5.92. The van der Waals surface area contributed by atoms with Gasteiger partial charge in [0.1, 0.15) is 5.69 Å². The van der Waals surface area contributed by atoms with E-state index in [2.05, 4.69) is 24.1 Å². The minimum Gasteiger partial charge on any atom is -0.350 e. The van der Waals surface area contributed by atoms with E-state index >= 15 is 0 Å². The summed E-state index contributed by atoms with van der Waals surface area (Å²) in [4.78, 5) is 15.1. The number of carbonyl (C=O) groups is 1. The van der Waals surface area contributed by atoms with Crippen LogP contribution in [0, 0.1) is 5.92 Å². The third kappa shape index (κ3) is 3.97. The third-order valence-electron chi connectivity index (χ3n) is 5.53. The summed E-state index contributed by atoms with van der Waals surface area (Å²) >= 11 is 0. The summed E-state index contributed by atoms with van der Waals surface area (Å²) in [7, 11) is 0. The predicted molar refractivity (Wildman–Crippen MR) is 93.7 cm³/mol. The van der Waals surface area contributed by atoms with E-state index in [9.17, 15) is 4.79 Å². The molecule has 0 bridgehead atoms. The molecule has 0 aromatic carbocycles. The van der Waals surface area contributed by atoms with Crippen molar-refractivity contribution in [2.75, 3.05) is 19.6 Å². The number of nitrogens with one attached hydrogen (secondary N) is 1. The van der Waals surface area contributed by atoms with Gasteiger partial charge < -0.3 is 14.8 Å². The Kier molecular flexibility index (Phi) is 5.42. The van der Waals surface area contributed by atoms with E-state index in [1.165, 1.54) is 45.1 Å². The molecule has 1 aromatic heterocycles. The van der Waals surface area contributed by atoms with Crippen molar-refractivity contribution in [3.05, 3.63) is 24.0 Å². The minimum atomic E-state index is 0.0693. The maximum atomic E-state index is 12.4. The molecule has 1 N–H and O–H groups in total. The smallest absolute Gasteiger partial charge is 0.267 e. The Morgan fingerprint density at radius 2 is 2.04 bits per heavy atom. The Morgan fingerprint density at radius 3 is 2.78 bits per heavy atom. The van der Waals surface area contributed by atoms with Crippen LogP contribution in [-0.2, 0) is 0 Å². The molecule has 1 unspecified atom stereocenters. The highest BCUT2D eigenvalue weighted by Crippen LogP contribution is 2.27. The molecule has 2 fully saturated rings. The average Bonchev–Trinajstić information content (AvgIpc) is 3.23. The summed E-state index contributed by atoms with van der Waals surface area (Å²) in [6, 6.07) is 5.00. The molecule has 4 heteroatoms. The molecule has 0 spiro atoms. The first-order chi connectivity index (χ1) is 11.1. The van der Waals surface area contributed by atoms with Gasteiger partial charge in [0.2, 0.25) is 0 Å². The number of amides is 1. The van der Waals surface area contributed by atoms with Gasteiger partial charge in [0.25, 0.3) is 5.91 Å². The quantitative estimate of drug-likeness (QED) is 0.903. The van der Waals surface area contributed by atoms with Crippen LogP contribution in [0.4, 0.5) is 0 Å². The van der Waals surface area contributed by atoms with E-state index in [1.54, 1.807) is 0 Å². The molecule has 1 amide bonds. The van der Waals surface area contributed by atoms with Crippen LogP contribution in [0.1, 0.15) is 68.9 Å². The lowest BCUT2D eigenvalue weighted by Crippen LogP contribution is -2.36. The van der Waals surface area contributed by atoms with Crippen LogP contribution in [0.5, 0.6) is 0 Å². The van der Waals surface area contributed by atoms with Gasteiger partial charge in [-0.15, -0.1) is 0 Å². The first-order valence-corrected chi connectivity index (χ1v) is 9.34. The molecule has 4 nitrogen and oxygen atoms in total. The fourth-order valence-corrected chi connectivity index (χ4v) is 4.17. The lowest BCUT2D eigenvalue weighted by atomic mass is 9.94. The minimum absolute atomic E-state index is 0.0693. The van der Waals surface area contributed by atoms with Gasteiger partial charge in [0, 0.05) is 31.4 Å². The van der Waals surface area contributed by atoms with Crippen molar-refractivity contribution in [1.82, 2.24) is 14.8 Å². The first-order valence-electron chi connectivity index (χ1n) is 9.34. The molecule has 1 atom stereocenters. The summed E-state index contributed by atoms with van der Waals surface area (Å²) in [5.74, 6) is 0.683. The molecule has 0 radical (unpaired) electrons. The molecule has 1 saturated carbocycles. The van der Waals surface area contributed by atoms with Crippen molar-refractivity contribution in [2.45, 2.75) is 64.5 Å². The normalized spacial score (nSPS) is 23.5. The van der Waals surface area contributed by atoms with Crippen LogP contribution in [-0.4, -0.2) is 41.1 Å². The number of carbonyl (C=O) groups excluding carboxylic acids is 1. The average molecular weight is 317 g/mol. The zero-order valence-corrected chi connectivity index (χ0v) is 14.6. The van der Waals surface area contributed by atoms with Gasteiger partial charge in [-0.05, 0) is 57.7 Å². The fraction of sp³-hybridized carbons (Fsp3) is 0.737. The zero-order chi connectivity index (χ0) is 16.2. The summed E-state index contributed by atoms with van der Waals surface area (Å²) < 4.78 is 2.04. The lowest BCUT2D eigenvalue weighted by molar-refractivity contribution is 0.0935. The standard InChI is InChI=1S/C19H31N3O/c1-15(2)22-11-6-9-18(22)19(23)20-13-16-10-12-21(14-16)17-7-4-3-5-8-17/h6,9,11,15-17H,3-5,7-8,10,12-14H2,1-2H3,(H,20,23). The van der Waals surface area contributed by atoms with Crippen LogP contribution in [0.15, 0.2) is 18.3 Å². The maximum absolute atomic E-state index is 12.4. The van der Waals surface area contributed by atoms with E-state index in [-0.39, 0.29) is 5.91 Å². The molecule has 3 rings (SSSR count). The van der Waals surface area contributed by atoms with Gasteiger partial charge in [0.05, 0.1) is 0 Å². The molecular formula is C19H31N3O. The third-order valence-corrected chi connectivity index (χ3v) is 5.53. The van der Waals surface area contributed by atoms with Crippen LogP contribution in [0.2, 0.25) is 0 Å². The molecule has 1 aliphatic heterocycles. The maximum Gasteiger partial charge on any atom is 0.267 e. The second kappa shape index (κ2) is 7.52. The summed E-state index contributed by atoms with van der Waals surface area (Å²) in [6.45, 7) is 7.40. The van der Waals surface area contributed by atoms with E-state index < -0.39 is 0 Å². The van der Waals surface area contributed by atoms with Gasteiger partial charge >= 0.3 is 0 Å². The number of aromatic nitrogens is 1. The van der Waals surface area contributed by atoms with E-state index in [0.29, 0.717) is 12.0 Å². The molecule has 1 aliphatic carbocycles. The Hall–Kier alpha value is -1.29. The zero-order valence-electron chi connectivity index (χ0n) is 14.6. The van der Waals surface area contributed by atoms with Crippen molar-refractivity contribution >= 4 is 5.91 Å². The molecule has 2 aliphatic rings. The first kappa shape index (κ1) is 16.6. The number of hydrogen-bond acceptors (Lipinski definition) is 2. The molecule has 1 aromatic rings. The monoisotopic (exact) mass is 317 g/mol. The van der Waals surface area contributed by atoms with Crippen molar-refractivity contribution in [1.29, 1.82) is 0 Å². The van der Waals surface area contributed by atoms with Crippen molar-refractivity contribution < 1.29 is 4.79 Å². The van der Waals surface area contributed by atoms with Gasteiger partial charge in [-0.25, -0.2) is 0 Å². The Balaban J connectivity index is 1.47. The highest BCUT2D eigenvalue weighted by atomic mass is 16.1. The summed E-state index contributed by atoms with van der Waals surface area (Å²) in [5.41, 5.74) is 0.780. The summed E-state index contributed by atoms with van der Waals surface area (Å²) in [5, 5.41) is 3.16. The molecule has 2 heterocycles. The van der Waals surface area contributed by atoms with E-state index in [0.717, 1.165) is 24.8 Å². The summed E-state index contributed by atoms with van der Waals surface area (Å²) in [6.07, 6.45) is 10.2. The van der Waals surface area contributed by atoms with Crippen LogP contribution < -0.4 is 5.32 Å². The predicted octanol–water partition coefficient (Wildman–Crippen LogP) is 3.45. The SMILES string of the molecule is CC(C)n1cccc1C(=O)NCC1CCN(C2CCCCC2)C1. The number of hydrogen-bond donors (Lipinski definition) is 1. The van der Waals surface area contributed by atoms with Crippen molar-refractivity contribution in [3.8, 4) is 0 Å². The van der Waals surface area contributed by atoms with Gasteiger partial charge in [-0.3, -0.25) is 4.79 Å². The van der Waals surface area contributed by atoms with Crippen molar-refractivity contribution in [2.24, 2.45) is 5.92 Å². The number of rotatable bonds is 5. The van der Waals surface area contributed by atoms with Crippen molar-refractivity contribution in [3.63, 3.8) is 0 Å². The number of likely N-dealkylation sites (tertiary alicyclic amines) is 1. The molecule has 23 heavy (non-hydrogen) atoms. The van der Waals surface area contributed by atoms with Gasteiger partial charge in [-0.2, -0.15) is 0 Å². The Labute approximate surface area is 140 Å². The van der Waals surface area contributed by atoms with Gasteiger partial charge in [-0.1, -0.05) is 19.3 Å². The fourth-order valence-electron chi connectivity index (χ4n) is 4.17. The van der Waals surface area contributed by atoms with Crippen LogP contribution >= 0.6 is 0 Å². The Morgan fingerprint density at radius 1 is 1.26 bits per heavy atom. The topological polar surface area (TPSA) is 37.3 Å². The molecular weight excluding hydrogens is 286 g/mol. The van der Waals surface area contributed by atoms with E-state index in [4.69, 9.17) is 0 Å². The van der Waals surface area contributed by atoms with Crippen LogP contribution in [0.3, 0.4) is 0 Å². The largest absolute Gasteiger partial charge is 0.350 e. The highest BCUT2D eigenvalue weighted by Gasteiger charge is 2.29. The second-order valence-corrected chi connectivity index (χ2v) is 7.55.